The zero-order valence-electron chi connectivity index (χ0n) is 11.9. The van der Waals surface area contributed by atoms with E-state index < -0.39 is 0 Å². The molecule has 0 fully saturated rings. The SMILES string of the molecule is COc1nccnc1C(=O)CCC(CCN)C(C)C. The topological polar surface area (TPSA) is 78.1 Å². The average molecular weight is 265 g/mol. The van der Waals surface area contributed by atoms with E-state index in [4.69, 9.17) is 10.5 Å². The van der Waals surface area contributed by atoms with Gasteiger partial charge in [0.25, 0.3) is 0 Å². The molecule has 0 spiro atoms. The Labute approximate surface area is 114 Å². The first-order chi connectivity index (χ1) is 9.10. The van der Waals surface area contributed by atoms with Gasteiger partial charge in [-0.3, -0.25) is 4.79 Å². The summed E-state index contributed by atoms with van der Waals surface area (Å²) < 4.78 is 5.05. The Kier molecular flexibility index (Phi) is 6.42. The number of ether oxygens (including phenoxy) is 1. The highest BCUT2D eigenvalue weighted by molar-refractivity contribution is 5.96. The first-order valence-electron chi connectivity index (χ1n) is 6.68. The minimum atomic E-state index is -0.0207. The third kappa shape index (κ3) is 4.59. The van der Waals surface area contributed by atoms with Crippen LogP contribution in [-0.4, -0.2) is 29.4 Å². The molecule has 5 nitrogen and oxygen atoms in total. The van der Waals surface area contributed by atoms with Crippen LogP contribution in [0.4, 0.5) is 0 Å². The molecule has 1 rings (SSSR count). The summed E-state index contributed by atoms with van der Waals surface area (Å²) in [6.45, 7) is 4.98. The van der Waals surface area contributed by atoms with Crippen molar-refractivity contribution in [1.82, 2.24) is 9.97 Å². The summed E-state index contributed by atoms with van der Waals surface area (Å²) in [5, 5.41) is 0. The lowest BCUT2D eigenvalue weighted by Crippen LogP contribution is -2.16. The van der Waals surface area contributed by atoms with Crippen LogP contribution < -0.4 is 10.5 Å². The van der Waals surface area contributed by atoms with Gasteiger partial charge in [-0.1, -0.05) is 13.8 Å². The predicted molar refractivity (Wildman–Crippen MR) is 74.1 cm³/mol. The maximum absolute atomic E-state index is 12.1. The van der Waals surface area contributed by atoms with Crippen molar-refractivity contribution in [2.24, 2.45) is 17.6 Å². The van der Waals surface area contributed by atoms with Gasteiger partial charge < -0.3 is 10.5 Å². The molecule has 0 bridgehead atoms. The second-order valence-corrected chi connectivity index (χ2v) is 4.96. The number of Topliss-reactive ketones (excluding diaryl/α,β-unsaturated/α-hetero) is 1. The molecule has 0 aliphatic heterocycles. The Bertz CT molecular complexity index is 407. The molecule has 0 amide bonds. The number of nitrogens with two attached hydrogens (primary N) is 1. The van der Waals surface area contributed by atoms with Gasteiger partial charge in [0.2, 0.25) is 5.88 Å². The molecule has 5 heteroatoms. The summed E-state index contributed by atoms with van der Waals surface area (Å²) >= 11 is 0. The number of nitrogens with zero attached hydrogens (tertiary/aromatic N) is 2. The Hall–Kier alpha value is -1.49. The molecule has 19 heavy (non-hydrogen) atoms. The summed E-state index contributed by atoms with van der Waals surface area (Å²) in [6.07, 6.45) is 5.25. The van der Waals surface area contributed by atoms with E-state index in [9.17, 15) is 4.79 Å². The van der Waals surface area contributed by atoms with E-state index in [-0.39, 0.29) is 5.78 Å². The van der Waals surface area contributed by atoms with Gasteiger partial charge in [-0.15, -0.1) is 0 Å². The van der Waals surface area contributed by atoms with Crippen LogP contribution in [0, 0.1) is 11.8 Å². The van der Waals surface area contributed by atoms with Gasteiger partial charge in [0.05, 0.1) is 7.11 Å². The number of carbonyl (C=O) groups excluding carboxylic acids is 1. The van der Waals surface area contributed by atoms with E-state index in [1.54, 1.807) is 0 Å². The van der Waals surface area contributed by atoms with E-state index in [1.165, 1.54) is 19.5 Å². The highest BCUT2D eigenvalue weighted by Gasteiger charge is 2.18. The Morgan fingerprint density at radius 3 is 2.58 bits per heavy atom. The maximum Gasteiger partial charge on any atom is 0.243 e. The fourth-order valence-electron chi connectivity index (χ4n) is 2.13. The molecule has 1 aromatic heterocycles. The zero-order valence-corrected chi connectivity index (χ0v) is 11.9. The van der Waals surface area contributed by atoms with Crippen molar-refractivity contribution >= 4 is 5.78 Å². The summed E-state index contributed by atoms with van der Waals surface area (Å²) in [7, 11) is 1.49. The van der Waals surface area contributed by atoms with Crippen LogP contribution in [0.25, 0.3) is 0 Å². The quantitative estimate of drug-likeness (QED) is 0.728. The van der Waals surface area contributed by atoms with Gasteiger partial charge in [0.15, 0.2) is 11.5 Å². The lowest BCUT2D eigenvalue weighted by molar-refractivity contribution is 0.0960. The maximum atomic E-state index is 12.1. The molecule has 1 unspecified atom stereocenters. The summed E-state index contributed by atoms with van der Waals surface area (Å²) in [6, 6.07) is 0. The van der Waals surface area contributed by atoms with E-state index >= 15 is 0 Å². The van der Waals surface area contributed by atoms with E-state index in [0.29, 0.717) is 36.4 Å². The number of aromatic nitrogens is 2. The van der Waals surface area contributed by atoms with Crippen molar-refractivity contribution in [3.63, 3.8) is 0 Å². The van der Waals surface area contributed by atoms with Gasteiger partial charge in [-0.05, 0) is 31.2 Å². The van der Waals surface area contributed by atoms with Gasteiger partial charge in [0, 0.05) is 18.8 Å². The first-order valence-corrected chi connectivity index (χ1v) is 6.68. The summed E-state index contributed by atoms with van der Waals surface area (Å²) in [5.41, 5.74) is 5.92. The monoisotopic (exact) mass is 265 g/mol. The average Bonchev–Trinajstić information content (AvgIpc) is 2.42. The highest BCUT2D eigenvalue weighted by Crippen LogP contribution is 2.22. The van der Waals surface area contributed by atoms with Crippen LogP contribution in [0.3, 0.4) is 0 Å². The van der Waals surface area contributed by atoms with Crippen molar-refractivity contribution in [3.8, 4) is 5.88 Å². The normalized spacial score (nSPS) is 12.5. The van der Waals surface area contributed by atoms with Crippen LogP contribution in [-0.2, 0) is 0 Å². The van der Waals surface area contributed by atoms with Crippen LogP contribution in [0.1, 0.15) is 43.6 Å². The molecule has 0 aliphatic carbocycles. The molecular weight excluding hydrogens is 242 g/mol. The van der Waals surface area contributed by atoms with Crippen molar-refractivity contribution in [2.75, 3.05) is 13.7 Å². The molecule has 2 N–H and O–H groups in total. The Morgan fingerprint density at radius 2 is 2.00 bits per heavy atom. The molecular formula is C14H23N3O2. The van der Waals surface area contributed by atoms with Gasteiger partial charge in [0.1, 0.15) is 0 Å². The van der Waals surface area contributed by atoms with Crippen LogP contribution >= 0.6 is 0 Å². The third-order valence-electron chi connectivity index (χ3n) is 3.34. The van der Waals surface area contributed by atoms with Crippen molar-refractivity contribution in [2.45, 2.75) is 33.1 Å². The van der Waals surface area contributed by atoms with Gasteiger partial charge >= 0.3 is 0 Å². The lowest BCUT2D eigenvalue weighted by Gasteiger charge is -2.19. The molecule has 0 saturated heterocycles. The molecule has 1 atom stereocenters. The minimum Gasteiger partial charge on any atom is -0.479 e. The molecule has 1 heterocycles. The summed E-state index contributed by atoms with van der Waals surface area (Å²) in [4.78, 5) is 20.2. The minimum absolute atomic E-state index is 0.0207. The molecule has 106 valence electrons. The number of rotatable bonds is 8. The first kappa shape index (κ1) is 15.6. The number of carbonyl (C=O) groups is 1. The second kappa shape index (κ2) is 7.84. The predicted octanol–water partition coefficient (Wildman–Crippen LogP) is 2.07. The van der Waals surface area contributed by atoms with Crippen molar-refractivity contribution in [1.29, 1.82) is 0 Å². The Morgan fingerprint density at radius 1 is 1.32 bits per heavy atom. The van der Waals surface area contributed by atoms with Crippen molar-refractivity contribution < 1.29 is 9.53 Å². The Balaban J connectivity index is 2.64. The molecule has 0 radical (unpaired) electrons. The molecule has 0 saturated carbocycles. The second-order valence-electron chi connectivity index (χ2n) is 4.96. The lowest BCUT2D eigenvalue weighted by atomic mass is 9.87. The number of hydrogen-bond acceptors (Lipinski definition) is 5. The fourth-order valence-corrected chi connectivity index (χ4v) is 2.13. The standard InChI is InChI=1S/C14H23N3O2/c1-10(2)11(6-7-15)4-5-12(18)13-14(19-3)17-9-8-16-13/h8-11H,4-7,15H2,1-3H3. The molecule has 1 aromatic rings. The van der Waals surface area contributed by atoms with E-state index in [2.05, 4.69) is 23.8 Å². The summed E-state index contributed by atoms with van der Waals surface area (Å²) in [5.74, 6) is 1.27. The van der Waals surface area contributed by atoms with Crippen LogP contribution in [0.5, 0.6) is 5.88 Å². The smallest absolute Gasteiger partial charge is 0.243 e. The highest BCUT2D eigenvalue weighted by atomic mass is 16.5. The molecule has 0 aromatic carbocycles. The number of methoxy groups -OCH3 is 1. The van der Waals surface area contributed by atoms with Crippen LogP contribution in [0.2, 0.25) is 0 Å². The third-order valence-corrected chi connectivity index (χ3v) is 3.34. The van der Waals surface area contributed by atoms with E-state index in [1.807, 2.05) is 0 Å². The van der Waals surface area contributed by atoms with Crippen LogP contribution in [0.15, 0.2) is 12.4 Å². The number of ketones is 1. The zero-order chi connectivity index (χ0) is 14.3. The van der Waals surface area contributed by atoms with E-state index in [0.717, 1.165) is 12.8 Å². The number of hydrogen-bond donors (Lipinski definition) is 1. The van der Waals surface area contributed by atoms with Gasteiger partial charge in [-0.25, -0.2) is 9.97 Å². The van der Waals surface area contributed by atoms with Gasteiger partial charge in [-0.2, -0.15) is 0 Å². The largest absolute Gasteiger partial charge is 0.479 e. The molecule has 0 aliphatic rings. The van der Waals surface area contributed by atoms with Crippen molar-refractivity contribution in [3.05, 3.63) is 18.1 Å². The fraction of sp³-hybridized carbons (Fsp3) is 0.643.